The minimum absolute atomic E-state index is 0.312. The lowest BCUT2D eigenvalue weighted by Crippen LogP contribution is -2.04. The molecular weight excluding hydrogens is 364 g/mol. The average Bonchev–Trinajstić information content (AvgIpc) is 3.31. The lowest BCUT2D eigenvalue weighted by Gasteiger charge is -2.11. The molecule has 0 amide bonds. The van der Waals surface area contributed by atoms with Crippen molar-refractivity contribution in [1.82, 2.24) is 29.4 Å². The molecule has 7 heteroatoms. The van der Waals surface area contributed by atoms with Gasteiger partial charge in [0.15, 0.2) is 17.1 Å². The van der Waals surface area contributed by atoms with Gasteiger partial charge >= 0.3 is 0 Å². The van der Waals surface area contributed by atoms with E-state index in [1.165, 1.54) is 5.56 Å². The van der Waals surface area contributed by atoms with Gasteiger partial charge in [-0.25, -0.2) is 9.67 Å². The topological polar surface area (TPSA) is 70.1 Å². The Balaban J connectivity index is 1.53. The van der Waals surface area contributed by atoms with Crippen molar-refractivity contribution in [1.29, 1.82) is 0 Å². The second kappa shape index (κ2) is 6.70. The van der Waals surface area contributed by atoms with Crippen LogP contribution in [-0.2, 0) is 6.61 Å². The molecule has 0 atom stereocenters. The molecule has 0 spiro atoms. The maximum atomic E-state index is 6.05. The predicted molar refractivity (Wildman–Crippen MR) is 110 cm³/mol. The van der Waals surface area contributed by atoms with E-state index in [0.717, 1.165) is 33.6 Å². The van der Waals surface area contributed by atoms with E-state index in [-0.39, 0.29) is 0 Å². The van der Waals surface area contributed by atoms with Crippen LogP contribution < -0.4 is 4.74 Å². The lowest BCUT2D eigenvalue weighted by molar-refractivity contribution is 0.290. The van der Waals surface area contributed by atoms with Crippen LogP contribution in [0.3, 0.4) is 0 Å². The first-order valence-corrected chi connectivity index (χ1v) is 9.44. The molecule has 7 nitrogen and oxygen atoms in total. The highest BCUT2D eigenvalue weighted by atomic mass is 16.5. The molecule has 3 heterocycles. The largest absolute Gasteiger partial charge is 0.485 e. The summed E-state index contributed by atoms with van der Waals surface area (Å²) >= 11 is 0. The Hall–Kier alpha value is -3.74. The number of hydrogen-bond donors (Lipinski definition) is 0. The van der Waals surface area contributed by atoms with Crippen molar-refractivity contribution in [3.8, 4) is 11.4 Å². The van der Waals surface area contributed by atoms with Crippen LogP contribution in [0.5, 0.6) is 5.75 Å². The van der Waals surface area contributed by atoms with Crippen molar-refractivity contribution >= 4 is 16.7 Å². The normalized spacial score (nSPS) is 11.4. The number of hydrogen-bond acceptors (Lipinski definition) is 5. The summed E-state index contributed by atoms with van der Waals surface area (Å²) < 4.78 is 9.73. The second-order valence-corrected chi connectivity index (χ2v) is 7.20. The molecule has 144 valence electrons. The minimum atomic E-state index is 0.312. The molecule has 0 aliphatic carbocycles. The maximum Gasteiger partial charge on any atom is 0.176 e. The Labute approximate surface area is 167 Å². The molecule has 0 saturated carbocycles. The lowest BCUT2D eigenvalue weighted by atomic mass is 10.1. The summed E-state index contributed by atoms with van der Waals surface area (Å²) in [5, 5.41) is 14.1. The van der Waals surface area contributed by atoms with Gasteiger partial charge in [0, 0.05) is 0 Å². The molecule has 0 unspecified atom stereocenters. The van der Waals surface area contributed by atoms with Gasteiger partial charge in [-0.15, -0.1) is 10.2 Å². The van der Waals surface area contributed by atoms with Crippen molar-refractivity contribution in [2.75, 3.05) is 0 Å². The number of ether oxygens (including phenoxy) is 1. The van der Waals surface area contributed by atoms with Crippen LogP contribution >= 0.6 is 0 Å². The highest BCUT2D eigenvalue weighted by molar-refractivity contribution is 5.89. The second-order valence-electron chi connectivity index (χ2n) is 7.20. The zero-order chi connectivity index (χ0) is 20.0. The Bertz CT molecular complexity index is 1330. The molecule has 5 aromatic rings. The summed E-state index contributed by atoms with van der Waals surface area (Å²) in [7, 11) is 0. The molecule has 0 N–H and O–H groups in total. The molecule has 5 rings (SSSR count). The van der Waals surface area contributed by atoms with Gasteiger partial charge in [-0.3, -0.25) is 4.40 Å². The van der Waals surface area contributed by atoms with Gasteiger partial charge in [-0.2, -0.15) is 5.10 Å². The van der Waals surface area contributed by atoms with Gasteiger partial charge in [0.05, 0.1) is 17.3 Å². The van der Waals surface area contributed by atoms with Crippen molar-refractivity contribution < 1.29 is 4.74 Å². The van der Waals surface area contributed by atoms with Crippen LogP contribution in [0.25, 0.3) is 22.4 Å². The summed E-state index contributed by atoms with van der Waals surface area (Å²) in [4.78, 5) is 4.63. The number of nitrogens with zero attached hydrogens (tertiary/aromatic N) is 6. The number of aryl methyl sites for hydroxylation is 3. The van der Waals surface area contributed by atoms with Crippen molar-refractivity contribution in [3.63, 3.8) is 0 Å². The van der Waals surface area contributed by atoms with Crippen LogP contribution in [0, 0.1) is 20.8 Å². The Kier molecular flexibility index (Phi) is 4.01. The fraction of sp³-hybridized carbons (Fsp3) is 0.182. The van der Waals surface area contributed by atoms with E-state index in [2.05, 4.69) is 39.3 Å². The van der Waals surface area contributed by atoms with Crippen LogP contribution in [0.2, 0.25) is 0 Å². The molecule has 0 saturated heterocycles. The van der Waals surface area contributed by atoms with Crippen LogP contribution in [0.4, 0.5) is 0 Å². The van der Waals surface area contributed by atoms with Crippen molar-refractivity contribution in [2.24, 2.45) is 0 Å². The molecule has 0 radical (unpaired) electrons. The van der Waals surface area contributed by atoms with E-state index in [4.69, 9.17) is 4.74 Å². The third kappa shape index (κ3) is 2.91. The van der Waals surface area contributed by atoms with Crippen molar-refractivity contribution in [2.45, 2.75) is 27.4 Å². The highest BCUT2D eigenvalue weighted by Gasteiger charge is 2.15. The fourth-order valence-corrected chi connectivity index (χ4v) is 3.58. The van der Waals surface area contributed by atoms with Gasteiger partial charge in [0.25, 0.3) is 0 Å². The van der Waals surface area contributed by atoms with Crippen LogP contribution in [-0.4, -0.2) is 29.4 Å². The minimum Gasteiger partial charge on any atom is -0.485 e. The number of benzene rings is 2. The number of rotatable bonds is 4. The third-order valence-corrected chi connectivity index (χ3v) is 5.05. The SMILES string of the molecule is Cc1cccc(-n2ncc3c2ncn2c(COc4c(C)cccc4C)nnc32)c1. The Morgan fingerprint density at radius 2 is 1.72 bits per heavy atom. The first-order chi connectivity index (χ1) is 14.1. The molecule has 2 aromatic carbocycles. The summed E-state index contributed by atoms with van der Waals surface area (Å²) in [6, 6.07) is 14.3. The summed E-state index contributed by atoms with van der Waals surface area (Å²) in [5.74, 6) is 1.57. The first kappa shape index (κ1) is 17.4. The molecule has 0 aliphatic heterocycles. The standard InChI is InChI=1S/C22H20N6O/c1-14-6-4-9-17(10-14)28-21-18(11-24-28)22-26-25-19(27(22)13-23-21)12-29-20-15(2)7-5-8-16(20)3/h4-11,13H,12H2,1-3H3. The molecule has 0 fully saturated rings. The van der Waals surface area contributed by atoms with E-state index < -0.39 is 0 Å². The van der Waals surface area contributed by atoms with Gasteiger partial charge in [-0.05, 0) is 49.6 Å². The molecular formula is C22H20N6O. The van der Waals surface area contributed by atoms with E-state index in [9.17, 15) is 0 Å². The van der Waals surface area contributed by atoms with Gasteiger partial charge < -0.3 is 4.74 Å². The Morgan fingerprint density at radius 1 is 0.931 bits per heavy atom. The highest BCUT2D eigenvalue weighted by Crippen LogP contribution is 2.24. The molecule has 29 heavy (non-hydrogen) atoms. The average molecular weight is 384 g/mol. The molecule has 0 bridgehead atoms. The summed E-state index contributed by atoms with van der Waals surface area (Å²) in [6.07, 6.45) is 3.51. The van der Waals surface area contributed by atoms with E-state index in [1.807, 2.05) is 53.3 Å². The predicted octanol–water partition coefficient (Wildman–Crippen LogP) is 3.97. The van der Waals surface area contributed by atoms with Gasteiger partial charge in [-0.1, -0.05) is 30.3 Å². The molecule has 3 aromatic heterocycles. The number of aromatic nitrogens is 6. The van der Waals surface area contributed by atoms with Gasteiger partial charge in [0.2, 0.25) is 0 Å². The van der Waals surface area contributed by atoms with Crippen LogP contribution in [0.15, 0.2) is 55.0 Å². The maximum absolute atomic E-state index is 6.05. The quantitative estimate of drug-likeness (QED) is 0.469. The number of para-hydroxylation sites is 1. The van der Waals surface area contributed by atoms with Crippen LogP contribution in [0.1, 0.15) is 22.5 Å². The first-order valence-electron chi connectivity index (χ1n) is 9.44. The van der Waals surface area contributed by atoms with E-state index in [0.29, 0.717) is 18.1 Å². The smallest absolute Gasteiger partial charge is 0.176 e. The van der Waals surface area contributed by atoms with Crippen molar-refractivity contribution in [3.05, 3.63) is 77.5 Å². The molecule has 0 aliphatic rings. The zero-order valence-corrected chi connectivity index (χ0v) is 16.5. The Morgan fingerprint density at radius 3 is 2.52 bits per heavy atom. The fourth-order valence-electron chi connectivity index (χ4n) is 3.58. The van der Waals surface area contributed by atoms with E-state index in [1.54, 1.807) is 12.5 Å². The van der Waals surface area contributed by atoms with Gasteiger partial charge in [0.1, 0.15) is 18.7 Å². The monoisotopic (exact) mass is 384 g/mol. The zero-order valence-electron chi connectivity index (χ0n) is 16.5. The summed E-state index contributed by atoms with van der Waals surface area (Å²) in [5.41, 5.74) is 5.79. The number of fused-ring (bicyclic) bond motifs is 3. The third-order valence-electron chi connectivity index (χ3n) is 5.05. The summed E-state index contributed by atoms with van der Waals surface area (Å²) in [6.45, 7) is 6.44. The van der Waals surface area contributed by atoms with E-state index >= 15 is 0 Å².